The van der Waals surface area contributed by atoms with Crippen LogP contribution < -0.4 is 11.1 Å². The van der Waals surface area contributed by atoms with E-state index in [0.29, 0.717) is 32.5 Å². The number of carbonyl (C=O) groups excluding carboxylic acids is 2. The lowest BCUT2D eigenvalue weighted by Crippen LogP contribution is -2.23. The number of amides is 1. The van der Waals surface area contributed by atoms with Gasteiger partial charge in [-0.2, -0.15) is 0 Å². The first kappa shape index (κ1) is 12.9. The van der Waals surface area contributed by atoms with E-state index in [1.165, 1.54) is 0 Å². The van der Waals surface area contributed by atoms with Crippen LogP contribution in [0.15, 0.2) is 0 Å². The minimum absolute atomic E-state index is 0.177. The maximum absolute atomic E-state index is 10.9. The van der Waals surface area contributed by atoms with Crippen molar-refractivity contribution in [1.29, 1.82) is 0 Å². The molecule has 0 aromatic rings. The normalized spacial score (nSPS) is 9.79. The molecule has 0 fully saturated rings. The Labute approximate surface area is 84.0 Å². The van der Waals surface area contributed by atoms with Crippen molar-refractivity contribution in [3.63, 3.8) is 0 Å². The van der Waals surface area contributed by atoms with Crippen molar-refractivity contribution in [3.8, 4) is 0 Å². The van der Waals surface area contributed by atoms with Crippen molar-refractivity contribution in [2.45, 2.75) is 26.2 Å². The Hall–Kier alpha value is -1.10. The molecule has 0 bridgehead atoms. The summed E-state index contributed by atoms with van der Waals surface area (Å²) in [6, 6.07) is 0. The third-order valence-electron chi connectivity index (χ3n) is 1.59. The molecule has 0 saturated heterocycles. The van der Waals surface area contributed by atoms with Crippen LogP contribution in [0.5, 0.6) is 0 Å². The topological polar surface area (TPSA) is 81.4 Å². The number of nitrogens with one attached hydrogen (secondary N) is 1. The van der Waals surface area contributed by atoms with Gasteiger partial charge in [0.25, 0.3) is 0 Å². The monoisotopic (exact) mass is 202 g/mol. The predicted octanol–water partition coefficient (Wildman–Crippen LogP) is -0.205. The summed E-state index contributed by atoms with van der Waals surface area (Å²) < 4.78 is 4.75. The molecule has 1 amide bonds. The van der Waals surface area contributed by atoms with Crippen LogP contribution in [0, 0.1) is 0 Å². The number of primary amides is 1. The van der Waals surface area contributed by atoms with Crippen molar-refractivity contribution in [2.75, 3.05) is 19.7 Å². The second-order valence-electron chi connectivity index (χ2n) is 2.87. The molecule has 0 radical (unpaired) electrons. The Morgan fingerprint density at radius 2 is 2.00 bits per heavy atom. The average molecular weight is 202 g/mol. The quantitative estimate of drug-likeness (QED) is 0.421. The van der Waals surface area contributed by atoms with Gasteiger partial charge >= 0.3 is 5.97 Å². The Morgan fingerprint density at radius 3 is 2.57 bits per heavy atom. The van der Waals surface area contributed by atoms with Crippen molar-refractivity contribution in [1.82, 2.24) is 5.32 Å². The second kappa shape index (κ2) is 8.50. The summed E-state index contributed by atoms with van der Waals surface area (Å²) >= 11 is 0. The third kappa shape index (κ3) is 8.99. The van der Waals surface area contributed by atoms with E-state index in [9.17, 15) is 9.59 Å². The largest absolute Gasteiger partial charge is 0.466 e. The first-order chi connectivity index (χ1) is 6.66. The fourth-order valence-electron chi connectivity index (χ4n) is 0.927. The number of rotatable bonds is 8. The number of ether oxygens (including phenoxy) is 1. The Balaban J connectivity index is 3.13. The van der Waals surface area contributed by atoms with E-state index in [1.54, 1.807) is 6.92 Å². The third-order valence-corrected chi connectivity index (χ3v) is 1.59. The summed E-state index contributed by atoms with van der Waals surface area (Å²) in [6.45, 7) is 3.47. The molecule has 0 spiro atoms. The predicted molar refractivity (Wildman–Crippen MR) is 52.5 cm³/mol. The maximum Gasteiger partial charge on any atom is 0.305 e. The van der Waals surface area contributed by atoms with Gasteiger partial charge in [0.05, 0.1) is 6.61 Å². The van der Waals surface area contributed by atoms with Gasteiger partial charge in [0.1, 0.15) is 0 Å². The molecule has 5 nitrogen and oxygen atoms in total. The number of carbonyl (C=O) groups is 2. The number of hydrogen-bond donors (Lipinski definition) is 2. The number of esters is 1. The molecular formula is C9H18N2O3. The fourth-order valence-corrected chi connectivity index (χ4v) is 0.927. The Kier molecular flexibility index (Phi) is 7.83. The summed E-state index contributed by atoms with van der Waals surface area (Å²) in [5.74, 6) is -0.493. The minimum Gasteiger partial charge on any atom is -0.466 e. The van der Waals surface area contributed by atoms with Crippen LogP contribution in [0.1, 0.15) is 26.2 Å². The molecule has 0 aromatic heterocycles. The number of hydrogen-bond acceptors (Lipinski definition) is 4. The van der Waals surface area contributed by atoms with Gasteiger partial charge in [0.2, 0.25) is 5.91 Å². The van der Waals surface area contributed by atoms with Gasteiger partial charge in [-0.05, 0) is 19.9 Å². The van der Waals surface area contributed by atoms with Gasteiger partial charge in [0.15, 0.2) is 0 Å². The van der Waals surface area contributed by atoms with Gasteiger partial charge in [-0.1, -0.05) is 0 Å². The van der Waals surface area contributed by atoms with Crippen LogP contribution in [0.4, 0.5) is 0 Å². The SMILES string of the molecule is CCOC(=O)CCCNCCC(N)=O. The van der Waals surface area contributed by atoms with Gasteiger partial charge in [-0.15, -0.1) is 0 Å². The smallest absolute Gasteiger partial charge is 0.305 e. The van der Waals surface area contributed by atoms with Crippen LogP contribution in [0.25, 0.3) is 0 Å². The molecule has 0 aliphatic carbocycles. The van der Waals surface area contributed by atoms with E-state index >= 15 is 0 Å². The van der Waals surface area contributed by atoms with E-state index in [0.717, 1.165) is 6.42 Å². The average Bonchev–Trinajstić information content (AvgIpc) is 2.11. The van der Waals surface area contributed by atoms with E-state index in [-0.39, 0.29) is 11.9 Å². The lowest BCUT2D eigenvalue weighted by atomic mass is 10.3. The molecule has 0 rings (SSSR count). The molecular weight excluding hydrogens is 184 g/mol. The van der Waals surface area contributed by atoms with Crippen LogP contribution in [-0.2, 0) is 14.3 Å². The van der Waals surface area contributed by atoms with E-state index in [1.807, 2.05) is 0 Å². The van der Waals surface area contributed by atoms with Crippen molar-refractivity contribution in [3.05, 3.63) is 0 Å². The zero-order valence-electron chi connectivity index (χ0n) is 8.54. The Morgan fingerprint density at radius 1 is 1.29 bits per heavy atom. The molecule has 0 aliphatic heterocycles. The fraction of sp³-hybridized carbons (Fsp3) is 0.778. The zero-order valence-corrected chi connectivity index (χ0v) is 8.54. The molecule has 0 unspecified atom stereocenters. The second-order valence-corrected chi connectivity index (χ2v) is 2.87. The highest BCUT2D eigenvalue weighted by molar-refractivity contribution is 5.73. The lowest BCUT2D eigenvalue weighted by Gasteiger charge is -2.03. The maximum atomic E-state index is 10.9. The molecule has 0 aromatic carbocycles. The first-order valence-corrected chi connectivity index (χ1v) is 4.81. The summed E-state index contributed by atoms with van der Waals surface area (Å²) in [7, 11) is 0. The lowest BCUT2D eigenvalue weighted by molar-refractivity contribution is -0.143. The molecule has 5 heteroatoms. The summed E-state index contributed by atoms with van der Waals surface area (Å²) in [5.41, 5.74) is 4.94. The molecule has 3 N–H and O–H groups in total. The van der Waals surface area contributed by atoms with E-state index < -0.39 is 0 Å². The van der Waals surface area contributed by atoms with Crippen molar-refractivity contribution >= 4 is 11.9 Å². The van der Waals surface area contributed by atoms with Crippen LogP contribution in [0.2, 0.25) is 0 Å². The van der Waals surface area contributed by atoms with Gasteiger partial charge in [0, 0.05) is 19.4 Å². The van der Waals surface area contributed by atoms with Gasteiger partial charge < -0.3 is 15.8 Å². The minimum atomic E-state index is -0.317. The highest BCUT2D eigenvalue weighted by atomic mass is 16.5. The van der Waals surface area contributed by atoms with Gasteiger partial charge in [-0.25, -0.2) is 0 Å². The van der Waals surface area contributed by atoms with Crippen LogP contribution in [-0.4, -0.2) is 31.6 Å². The number of nitrogens with two attached hydrogens (primary N) is 1. The standard InChI is InChI=1S/C9H18N2O3/c1-2-14-9(13)4-3-6-11-7-5-8(10)12/h11H,2-7H2,1H3,(H2,10,12). The Bertz CT molecular complexity index is 183. The highest BCUT2D eigenvalue weighted by Gasteiger charge is 2.00. The summed E-state index contributed by atoms with van der Waals surface area (Å²) in [5, 5.41) is 3.01. The van der Waals surface area contributed by atoms with E-state index in [4.69, 9.17) is 10.5 Å². The zero-order chi connectivity index (χ0) is 10.8. The van der Waals surface area contributed by atoms with E-state index in [2.05, 4.69) is 5.32 Å². The van der Waals surface area contributed by atoms with Crippen molar-refractivity contribution < 1.29 is 14.3 Å². The molecule has 0 atom stereocenters. The van der Waals surface area contributed by atoms with Crippen LogP contribution >= 0.6 is 0 Å². The first-order valence-electron chi connectivity index (χ1n) is 4.81. The molecule has 0 saturated carbocycles. The van der Waals surface area contributed by atoms with Crippen molar-refractivity contribution in [2.24, 2.45) is 5.73 Å². The van der Waals surface area contributed by atoms with Gasteiger partial charge in [-0.3, -0.25) is 9.59 Å². The van der Waals surface area contributed by atoms with Crippen LogP contribution in [0.3, 0.4) is 0 Å². The summed E-state index contributed by atoms with van der Waals surface area (Å²) in [4.78, 5) is 21.2. The molecule has 0 aliphatic rings. The summed E-state index contributed by atoms with van der Waals surface area (Å²) in [6.07, 6.45) is 1.47. The molecule has 14 heavy (non-hydrogen) atoms. The highest BCUT2D eigenvalue weighted by Crippen LogP contribution is 1.91. The molecule has 82 valence electrons. The molecule has 0 heterocycles.